The first-order valence-electron chi connectivity index (χ1n) is 21.0. The molecule has 0 spiro atoms. The van der Waals surface area contributed by atoms with Gasteiger partial charge in [-0.2, -0.15) is 0 Å². The van der Waals surface area contributed by atoms with Crippen LogP contribution in [0.4, 0.5) is 18.9 Å². The molecule has 0 radical (unpaired) electrons. The second-order valence-corrected chi connectivity index (χ2v) is 22.9. The van der Waals surface area contributed by atoms with Crippen LogP contribution >= 0.6 is 0 Å². The number of carbonyl (C=O) groups is 3. The Morgan fingerprint density at radius 1 is 1.02 bits per heavy atom. The van der Waals surface area contributed by atoms with Crippen LogP contribution in [-0.4, -0.2) is 80.1 Å². The van der Waals surface area contributed by atoms with Crippen molar-refractivity contribution in [2.24, 2.45) is 11.8 Å². The minimum absolute atomic E-state index is 0.0171. The minimum atomic E-state index is -5.20. The van der Waals surface area contributed by atoms with Crippen LogP contribution in [0.2, 0.25) is 18.1 Å². The van der Waals surface area contributed by atoms with Crippen LogP contribution in [0, 0.1) is 11.8 Å². The maximum absolute atomic E-state index is 15.7. The average molecular weight is 903 g/mol. The molecule has 13 nitrogen and oxygen atoms in total. The molecule has 340 valence electrons. The molecule has 3 aromatic carbocycles. The number of nitrogens with one attached hydrogen (secondary N) is 2. The third kappa shape index (κ3) is 8.85. The van der Waals surface area contributed by atoms with E-state index in [9.17, 15) is 23.1 Å². The van der Waals surface area contributed by atoms with E-state index in [4.69, 9.17) is 18.4 Å². The number of rotatable bonds is 15. The van der Waals surface area contributed by atoms with Gasteiger partial charge >= 0.3 is 6.36 Å². The summed E-state index contributed by atoms with van der Waals surface area (Å²) in [7, 11) is 0.158. The molecule has 3 N–H and O–H groups in total. The standard InChI is InChI=1S/C47H53F3N4O9Si/c1-9-20-51-38-31-22-29-21-30-33(61-47(48,49)50)23-32(52-34(55)24-54(5)6)40(59-25-27-16-12-10-13-17-27)36(30)39(56)35(29)42(57)46(31,63-64(7,8)45(2,3)4)43(58)37-41(38)62-53-44(37)60-26-28-18-14-11-15-19-28/h9-19,23,29,31,38,51,57H,1,20-22,24-26H2,2-8H3,(H,52,55)/t29-,31-,38-,46?/m0/s1. The number of nitrogens with zero attached hydrogens (tertiary/aromatic N) is 2. The highest BCUT2D eigenvalue weighted by atomic mass is 28.4. The summed E-state index contributed by atoms with van der Waals surface area (Å²) in [6.07, 6.45) is -3.91. The van der Waals surface area contributed by atoms with Crippen LogP contribution in [-0.2, 0) is 28.9 Å². The van der Waals surface area contributed by atoms with Crippen molar-refractivity contribution in [1.82, 2.24) is 15.4 Å². The summed E-state index contributed by atoms with van der Waals surface area (Å²) in [5.41, 5.74) is -1.89. The Balaban J connectivity index is 1.47. The van der Waals surface area contributed by atoms with Crippen LogP contribution in [0.3, 0.4) is 0 Å². The maximum Gasteiger partial charge on any atom is 0.573 e. The lowest BCUT2D eigenvalue weighted by Crippen LogP contribution is -2.65. The fourth-order valence-electron chi connectivity index (χ4n) is 8.52. The molecule has 7 rings (SSSR count). The van der Waals surface area contributed by atoms with Crippen LogP contribution in [0.15, 0.2) is 95.2 Å². The first-order valence-corrected chi connectivity index (χ1v) is 23.9. The van der Waals surface area contributed by atoms with Gasteiger partial charge in [0.05, 0.1) is 23.8 Å². The molecule has 64 heavy (non-hydrogen) atoms. The Morgan fingerprint density at radius 3 is 2.22 bits per heavy atom. The van der Waals surface area contributed by atoms with Gasteiger partial charge in [0.25, 0.3) is 5.88 Å². The van der Waals surface area contributed by atoms with Crippen LogP contribution in [0.1, 0.15) is 76.4 Å². The van der Waals surface area contributed by atoms with Crippen LogP contribution in [0.25, 0.3) is 0 Å². The van der Waals surface area contributed by atoms with Gasteiger partial charge in [-0.1, -0.05) is 87.5 Å². The zero-order chi connectivity index (χ0) is 46.4. The number of likely N-dealkylation sites (N-methyl/N-ethyl adjacent to an activating group) is 1. The van der Waals surface area contributed by atoms with E-state index in [0.717, 1.165) is 11.6 Å². The number of aliphatic hydroxyl groups excluding tert-OH is 1. The van der Waals surface area contributed by atoms with Gasteiger partial charge in [-0.25, -0.2) is 0 Å². The lowest BCUT2D eigenvalue weighted by molar-refractivity contribution is -0.275. The predicted octanol–water partition coefficient (Wildman–Crippen LogP) is 8.89. The first-order chi connectivity index (χ1) is 30.2. The topological polar surface area (TPSA) is 162 Å². The number of ketones is 2. The van der Waals surface area contributed by atoms with Gasteiger partial charge in [0.2, 0.25) is 11.7 Å². The zero-order valence-corrected chi connectivity index (χ0v) is 37.9. The third-order valence-electron chi connectivity index (χ3n) is 12.4. The quantitative estimate of drug-likeness (QED) is 0.0769. The number of aliphatic hydroxyl groups is 1. The number of carbonyl (C=O) groups excluding carboxylic acids is 3. The number of fused-ring (bicyclic) bond motifs is 4. The lowest BCUT2D eigenvalue weighted by atomic mass is 9.58. The number of anilines is 1. The molecule has 1 amide bonds. The number of Topliss-reactive ketones (excluding diaryl/α,β-unsaturated/α-hetero) is 2. The van der Waals surface area contributed by atoms with Crippen LogP contribution < -0.4 is 24.8 Å². The highest BCUT2D eigenvalue weighted by Crippen LogP contribution is 2.60. The van der Waals surface area contributed by atoms with Crippen molar-refractivity contribution >= 4 is 31.5 Å². The first kappa shape index (κ1) is 46.2. The number of alkyl halides is 3. The Morgan fingerprint density at radius 2 is 1.64 bits per heavy atom. The molecule has 4 atom stereocenters. The zero-order valence-electron chi connectivity index (χ0n) is 36.9. The molecule has 0 saturated carbocycles. The van der Waals surface area contributed by atoms with Gasteiger partial charge in [0.1, 0.15) is 30.3 Å². The number of allylic oxidation sites excluding steroid dienone is 1. The van der Waals surface area contributed by atoms with E-state index in [1.54, 1.807) is 55.4 Å². The molecule has 1 aromatic heterocycles. The summed E-state index contributed by atoms with van der Waals surface area (Å²) in [5.74, 6) is -5.90. The van der Waals surface area contributed by atoms with E-state index in [1.165, 1.54) is 0 Å². The molecule has 0 saturated heterocycles. The number of ether oxygens (including phenoxy) is 3. The molecule has 0 bridgehead atoms. The molecule has 1 heterocycles. The van der Waals surface area contributed by atoms with Gasteiger partial charge < -0.3 is 43.8 Å². The van der Waals surface area contributed by atoms with E-state index in [1.807, 2.05) is 64.2 Å². The second-order valence-electron chi connectivity index (χ2n) is 18.2. The Bertz CT molecular complexity index is 2470. The van der Waals surface area contributed by atoms with Crippen molar-refractivity contribution < 1.29 is 55.8 Å². The number of halogens is 3. The van der Waals surface area contributed by atoms with Gasteiger partial charge in [0, 0.05) is 29.7 Å². The van der Waals surface area contributed by atoms with Crippen molar-refractivity contribution in [3.8, 4) is 17.4 Å². The number of hydrogen-bond donors (Lipinski definition) is 3. The summed E-state index contributed by atoms with van der Waals surface area (Å²) in [6, 6.07) is 18.2. The summed E-state index contributed by atoms with van der Waals surface area (Å²) < 4.78 is 73.1. The smallest absolute Gasteiger partial charge is 0.508 e. The third-order valence-corrected chi connectivity index (χ3v) is 16.8. The number of hydrogen-bond acceptors (Lipinski definition) is 12. The normalized spacial score (nSPS) is 20.8. The molecular weight excluding hydrogens is 850 g/mol. The monoisotopic (exact) mass is 902 g/mol. The molecule has 0 aliphatic heterocycles. The fraction of sp³-hybridized carbons (Fsp3) is 0.404. The Kier molecular flexibility index (Phi) is 12.8. The molecule has 4 aromatic rings. The second kappa shape index (κ2) is 17.7. The van der Waals surface area contributed by atoms with Crippen molar-refractivity contribution in [1.29, 1.82) is 0 Å². The lowest BCUT2D eigenvalue weighted by Gasteiger charge is -2.54. The summed E-state index contributed by atoms with van der Waals surface area (Å²) in [6.45, 7) is 13.5. The van der Waals surface area contributed by atoms with Crippen molar-refractivity contribution in [2.75, 3.05) is 32.5 Å². The van der Waals surface area contributed by atoms with Crippen LogP contribution in [0.5, 0.6) is 17.4 Å². The summed E-state index contributed by atoms with van der Waals surface area (Å²) in [5, 5.41) is 22.8. The molecular formula is C47H53F3N4O9Si. The van der Waals surface area contributed by atoms with Crippen molar-refractivity contribution in [2.45, 2.75) is 83.0 Å². The van der Waals surface area contributed by atoms with Gasteiger partial charge in [-0.05, 0) is 67.3 Å². The van der Waals surface area contributed by atoms with E-state index >= 15 is 9.59 Å². The van der Waals surface area contributed by atoms with Gasteiger partial charge in [0.15, 0.2) is 31.2 Å². The van der Waals surface area contributed by atoms with Gasteiger partial charge in [-0.15, -0.1) is 19.8 Å². The Labute approximate surface area is 370 Å². The largest absolute Gasteiger partial charge is 0.573 e. The predicted molar refractivity (Wildman–Crippen MR) is 234 cm³/mol. The molecule has 1 unspecified atom stereocenters. The van der Waals surface area contributed by atoms with Gasteiger partial charge in [-0.3, -0.25) is 14.4 Å². The van der Waals surface area contributed by atoms with E-state index in [2.05, 4.69) is 27.1 Å². The molecule has 3 aliphatic carbocycles. The Hall–Kier alpha value is -5.75. The highest BCUT2D eigenvalue weighted by molar-refractivity contribution is 6.74. The highest BCUT2D eigenvalue weighted by Gasteiger charge is 2.67. The molecule has 17 heteroatoms. The SMILES string of the molecule is C=CCN[C@@H]1c2onc(OCc3ccccc3)c2C(=O)C2(O[Si](C)(C)C(C)(C)C)C(O)=C3C(=O)c4c(c(OC(F)(F)F)cc(NC(=O)CN(C)C)c4OCc4ccccc4)C[C@H]3C[C@@H]12. The molecule has 0 fully saturated rings. The van der Waals surface area contributed by atoms with Crippen molar-refractivity contribution in [3.05, 3.63) is 124 Å². The summed E-state index contributed by atoms with van der Waals surface area (Å²) in [4.78, 5) is 46.0. The molecule has 3 aliphatic rings. The van der Waals surface area contributed by atoms with Crippen molar-refractivity contribution in [3.63, 3.8) is 0 Å². The number of aromatic nitrogens is 1. The van der Waals surface area contributed by atoms with E-state index < -0.39 is 72.2 Å². The fourth-order valence-corrected chi connectivity index (χ4v) is 9.98. The summed E-state index contributed by atoms with van der Waals surface area (Å²) >= 11 is 0. The number of amides is 1. The average Bonchev–Trinajstić information content (AvgIpc) is 3.64. The van der Waals surface area contributed by atoms with E-state index in [0.29, 0.717) is 5.56 Å². The van der Waals surface area contributed by atoms with E-state index in [-0.39, 0.29) is 84.5 Å². The number of benzene rings is 3. The maximum atomic E-state index is 15.7. The minimum Gasteiger partial charge on any atom is -0.508 e.